The molecule has 2 aromatic heterocycles. The molecule has 5 N–H and O–H groups in total. The van der Waals surface area contributed by atoms with E-state index in [0.29, 0.717) is 65.3 Å². The highest BCUT2D eigenvalue weighted by Crippen LogP contribution is 2.24. The second-order valence-corrected chi connectivity index (χ2v) is 11.4. The van der Waals surface area contributed by atoms with Crippen LogP contribution in [0.25, 0.3) is 5.69 Å². The minimum Gasteiger partial charge on any atom is -0.439 e. The van der Waals surface area contributed by atoms with Gasteiger partial charge in [-0.15, -0.1) is 0 Å². The Morgan fingerprint density at radius 3 is 2.08 bits per heavy atom. The van der Waals surface area contributed by atoms with Gasteiger partial charge in [0.2, 0.25) is 23.6 Å². The first-order valence-corrected chi connectivity index (χ1v) is 16.1. The van der Waals surface area contributed by atoms with Crippen molar-refractivity contribution in [2.75, 3.05) is 16.0 Å². The third-order valence-electron chi connectivity index (χ3n) is 7.85. The number of nitrogens with zero attached hydrogens (tertiary/aromatic N) is 4. The lowest BCUT2D eigenvalue weighted by atomic mass is 10.1. The van der Waals surface area contributed by atoms with E-state index in [2.05, 4.69) is 25.9 Å². The van der Waals surface area contributed by atoms with Crippen LogP contribution in [0.15, 0.2) is 95.9 Å². The molecule has 0 radical (unpaired) electrons. The molecular weight excluding hydrogens is 640 g/mol. The molecule has 258 valence electrons. The Bertz CT molecular complexity index is 1990. The summed E-state index contributed by atoms with van der Waals surface area (Å²) in [5.74, 6) is 0.0638. The average Bonchev–Trinajstić information content (AvgIpc) is 3.35. The Kier molecular flexibility index (Phi) is 11.7. The summed E-state index contributed by atoms with van der Waals surface area (Å²) in [4.78, 5) is 58.3. The number of hydrogen-bond acceptors (Lipinski definition) is 9. The van der Waals surface area contributed by atoms with Gasteiger partial charge in [-0.3, -0.25) is 29.1 Å². The molecule has 2 heterocycles. The first-order valence-electron chi connectivity index (χ1n) is 16.1. The van der Waals surface area contributed by atoms with Gasteiger partial charge in [0.15, 0.2) is 0 Å². The number of hydroxylamine groups is 1. The highest BCUT2D eigenvalue weighted by atomic mass is 16.5. The van der Waals surface area contributed by atoms with Gasteiger partial charge in [-0.25, -0.2) is 15.1 Å². The van der Waals surface area contributed by atoms with Crippen LogP contribution in [0.3, 0.4) is 0 Å². The number of carbonyl (C=O) groups excluding carboxylic acids is 3. The molecule has 14 nitrogen and oxygen atoms in total. The van der Waals surface area contributed by atoms with Crippen molar-refractivity contribution in [3.8, 4) is 17.3 Å². The molecule has 0 bridgehead atoms. The average molecular weight is 679 g/mol. The monoisotopic (exact) mass is 678 g/mol. The van der Waals surface area contributed by atoms with Gasteiger partial charge in [0.1, 0.15) is 11.3 Å². The Hall–Kier alpha value is -6.28. The number of nitrogens with one attached hydrogen (secondary N) is 4. The van der Waals surface area contributed by atoms with Crippen molar-refractivity contribution in [3.05, 3.63) is 113 Å². The highest BCUT2D eigenvalue weighted by Gasteiger charge is 2.22. The van der Waals surface area contributed by atoms with Gasteiger partial charge in [0.05, 0.1) is 11.4 Å². The van der Waals surface area contributed by atoms with Crippen LogP contribution >= 0.6 is 0 Å². The highest BCUT2D eigenvalue weighted by molar-refractivity contribution is 6.05. The lowest BCUT2D eigenvalue weighted by Crippen LogP contribution is -2.25. The zero-order chi connectivity index (χ0) is 35.5. The number of carbonyl (C=O) groups is 3. The molecule has 0 fully saturated rings. The molecule has 0 spiro atoms. The molecular formula is C36H38N8O6. The second-order valence-electron chi connectivity index (χ2n) is 11.4. The van der Waals surface area contributed by atoms with Gasteiger partial charge in [-0.1, -0.05) is 31.0 Å². The third kappa shape index (κ3) is 9.20. The molecule has 0 atom stereocenters. The summed E-state index contributed by atoms with van der Waals surface area (Å²) in [7, 11) is 1.74. The molecule has 0 saturated carbocycles. The number of benzene rings is 3. The molecule has 5 aromatic rings. The van der Waals surface area contributed by atoms with E-state index in [1.165, 1.54) is 4.68 Å². The number of para-hydroxylation sites is 1. The second kappa shape index (κ2) is 16.7. The summed E-state index contributed by atoms with van der Waals surface area (Å²) in [5, 5.41) is 17.3. The van der Waals surface area contributed by atoms with Crippen LogP contribution in [0.2, 0.25) is 0 Å². The van der Waals surface area contributed by atoms with Gasteiger partial charge in [-0.05, 0) is 80.4 Å². The summed E-state index contributed by atoms with van der Waals surface area (Å²) >= 11 is 0. The van der Waals surface area contributed by atoms with Crippen molar-refractivity contribution in [2.45, 2.75) is 45.4 Å². The van der Waals surface area contributed by atoms with Gasteiger partial charge in [0.25, 0.3) is 11.5 Å². The van der Waals surface area contributed by atoms with Crippen LogP contribution in [-0.4, -0.2) is 42.3 Å². The van der Waals surface area contributed by atoms with Gasteiger partial charge >= 0.3 is 0 Å². The fraction of sp³-hybridized carbons (Fsp3) is 0.222. The van der Waals surface area contributed by atoms with E-state index in [0.717, 1.165) is 12.8 Å². The minimum absolute atomic E-state index is 0.0598. The zero-order valence-electron chi connectivity index (χ0n) is 27.7. The van der Waals surface area contributed by atoms with Crippen LogP contribution < -0.4 is 31.7 Å². The standard InChI is InChI=1S/C36H38N8O6/c1-24-33(35(48)44(43(24)2)28-10-6-5-7-11-28)34(47)39-26-18-20-29(21-19-26)50-32-22-23-37-36(41-32)40-27-16-14-25(15-17-27)38-30(45)12-8-3-4-9-13-31(46)42-49/h5-7,10-11,14-23,49H,3-4,8-9,12-13H2,1-2H3,(H,38,45)(H,39,47)(H,42,46)(H,37,40,41). The number of unbranched alkanes of at least 4 members (excludes halogenated alkanes) is 3. The van der Waals surface area contributed by atoms with Crippen LogP contribution in [-0.2, 0) is 16.6 Å². The molecule has 0 unspecified atom stereocenters. The van der Waals surface area contributed by atoms with Crippen molar-refractivity contribution in [3.63, 3.8) is 0 Å². The maximum atomic E-state index is 13.2. The number of rotatable bonds is 15. The van der Waals surface area contributed by atoms with Gasteiger partial charge in [-0.2, -0.15) is 4.98 Å². The van der Waals surface area contributed by atoms with Gasteiger partial charge in [0, 0.05) is 49.2 Å². The predicted octanol–water partition coefficient (Wildman–Crippen LogP) is 5.85. The summed E-state index contributed by atoms with van der Waals surface area (Å²) in [6.45, 7) is 1.73. The van der Waals surface area contributed by atoms with Crippen molar-refractivity contribution in [1.29, 1.82) is 0 Å². The topological polar surface area (TPSA) is 182 Å². The summed E-state index contributed by atoms with van der Waals surface area (Å²) < 4.78 is 9.02. The number of aromatic nitrogens is 4. The lowest BCUT2D eigenvalue weighted by Gasteiger charge is -2.10. The largest absolute Gasteiger partial charge is 0.439 e. The molecule has 50 heavy (non-hydrogen) atoms. The van der Waals surface area contributed by atoms with E-state index in [1.807, 2.05) is 18.2 Å². The van der Waals surface area contributed by atoms with E-state index in [9.17, 15) is 19.2 Å². The number of amides is 3. The SMILES string of the molecule is Cc1c(C(=O)Nc2ccc(Oc3ccnc(Nc4ccc(NC(=O)CCCCCCC(=O)NO)cc4)n3)cc2)c(=O)n(-c2ccccc2)n1C. The zero-order valence-corrected chi connectivity index (χ0v) is 27.7. The molecule has 14 heteroatoms. The molecule has 0 aliphatic heterocycles. The minimum atomic E-state index is -0.510. The van der Waals surface area contributed by atoms with E-state index in [-0.39, 0.29) is 17.9 Å². The predicted molar refractivity (Wildman–Crippen MR) is 188 cm³/mol. The molecule has 3 aromatic carbocycles. The number of hydrogen-bond donors (Lipinski definition) is 5. The van der Waals surface area contributed by atoms with Crippen molar-refractivity contribution < 1.29 is 24.3 Å². The Labute approximate surface area is 288 Å². The molecule has 3 amide bonds. The van der Waals surface area contributed by atoms with Crippen LogP contribution in [0.4, 0.5) is 23.0 Å². The van der Waals surface area contributed by atoms with Crippen molar-refractivity contribution in [2.24, 2.45) is 7.05 Å². The summed E-state index contributed by atoms with van der Waals surface area (Å²) in [6, 6.07) is 24.6. The van der Waals surface area contributed by atoms with E-state index < -0.39 is 17.4 Å². The van der Waals surface area contributed by atoms with Crippen LogP contribution in [0.1, 0.15) is 54.6 Å². The van der Waals surface area contributed by atoms with Crippen molar-refractivity contribution in [1.82, 2.24) is 24.8 Å². The first-order chi connectivity index (χ1) is 24.2. The van der Waals surface area contributed by atoms with Crippen LogP contribution in [0, 0.1) is 6.92 Å². The molecule has 0 aliphatic rings. The molecule has 5 rings (SSSR count). The van der Waals surface area contributed by atoms with Gasteiger partial charge < -0.3 is 20.7 Å². The molecule has 0 aliphatic carbocycles. The summed E-state index contributed by atoms with van der Waals surface area (Å²) in [6.07, 6.45) is 5.17. The Morgan fingerprint density at radius 2 is 1.40 bits per heavy atom. The van der Waals surface area contributed by atoms with E-state index >= 15 is 0 Å². The number of ether oxygens (including phenoxy) is 1. The normalized spacial score (nSPS) is 10.7. The quantitative estimate of drug-likeness (QED) is 0.0516. The Balaban J connectivity index is 1.11. The van der Waals surface area contributed by atoms with Crippen molar-refractivity contribution >= 4 is 40.7 Å². The smallest absolute Gasteiger partial charge is 0.284 e. The molecule has 0 saturated heterocycles. The maximum absolute atomic E-state index is 13.2. The summed E-state index contributed by atoms with van der Waals surface area (Å²) in [5.41, 5.74) is 4.31. The third-order valence-corrected chi connectivity index (χ3v) is 7.85. The fourth-order valence-electron chi connectivity index (χ4n) is 5.18. The maximum Gasteiger partial charge on any atom is 0.284 e. The van der Waals surface area contributed by atoms with Crippen LogP contribution in [0.5, 0.6) is 11.6 Å². The Morgan fingerprint density at radius 1 is 0.780 bits per heavy atom. The lowest BCUT2D eigenvalue weighted by molar-refractivity contribution is -0.129. The fourth-order valence-corrected chi connectivity index (χ4v) is 5.18. The first kappa shape index (κ1) is 35.0. The number of anilines is 4. The van der Waals surface area contributed by atoms with E-state index in [1.54, 1.807) is 97.1 Å². The van der Waals surface area contributed by atoms with E-state index in [4.69, 9.17) is 9.94 Å².